The first-order valence-electron chi connectivity index (χ1n) is 8.86. The van der Waals surface area contributed by atoms with Gasteiger partial charge in [-0.15, -0.1) is 18.5 Å². The van der Waals surface area contributed by atoms with Crippen molar-refractivity contribution in [1.82, 2.24) is 0 Å². The van der Waals surface area contributed by atoms with Crippen molar-refractivity contribution in [2.45, 2.75) is 0 Å². The van der Waals surface area contributed by atoms with Gasteiger partial charge in [-0.05, 0) is 78.0 Å². The Morgan fingerprint density at radius 2 is 0.964 bits per heavy atom. The van der Waals surface area contributed by atoms with E-state index in [0.717, 1.165) is 37.5 Å². The molecule has 4 nitrogen and oxygen atoms in total. The van der Waals surface area contributed by atoms with E-state index >= 15 is 0 Å². The van der Waals surface area contributed by atoms with Gasteiger partial charge >= 0.3 is 0 Å². The molecular formula is C22H20N4P2. The Morgan fingerprint density at radius 3 is 1.64 bits per heavy atom. The lowest BCUT2D eigenvalue weighted by Crippen LogP contribution is -2.08. The fourth-order valence-electron chi connectivity index (χ4n) is 4.10. The van der Waals surface area contributed by atoms with E-state index in [0.29, 0.717) is 22.7 Å². The molecule has 0 amide bonds. The third kappa shape index (κ3) is 2.26. The van der Waals surface area contributed by atoms with E-state index in [4.69, 9.17) is 22.9 Å². The zero-order valence-electron chi connectivity index (χ0n) is 15.1. The molecule has 5 aromatic carbocycles. The Kier molecular flexibility index (Phi) is 3.61. The third-order valence-corrected chi connectivity index (χ3v) is 6.81. The maximum absolute atomic E-state index is 6.10. The van der Waals surface area contributed by atoms with Gasteiger partial charge in [0, 0.05) is 0 Å². The van der Waals surface area contributed by atoms with Crippen LogP contribution in [-0.4, -0.2) is 0 Å². The number of rotatable bonds is 0. The van der Waals surface area contributed by atoms with Gasteiger partial charge in [-0.2, -0.15) is 0 Å². The van der Waals surface area contributed by atoms with Crippen molar-refractivity contribution in [3.63, 3.8) is 0 Å². The monoisotopic (exact) mass is 402 g/mol. The minimum atomic E-state index is 0.592. The first-order chi connectivity index (χ1) is 13.4. The number of anilines is 4. The van der Waals surface area contributed by atoms with E-state index in [1.807, 2.05) is 24.3 Å². The van der Waals surface area contributed by atoms with Crippen molar-refractivity contribution in [3.8, 4) is 0 Å². The van der Waals surface area contributed by atoms with E-state index < -0.39 is 0 Å². The highest BCUT2D eigenvalue weighted by Gasteiger charge is 2.14. The number of hydrogen-bond donors (Lipinski definition) is 4. The minimum absolute atomic E-state index is 0.592. The van der Waals surface area contributed by atoms with Gasteiger partial charge in [0.05, 0.1) is 22.7 Å². The standard InChI is InChI=1S/C22H20N4P2/c23-16-5-9-1-2-11-10(13(9)6-17(16)24)3-4-12-20(11)22(28)15-8-19(26)18(25)7-14(15)21(12)27/h1-8H,23-28H2. The van der Waals surface area contributed by atoms with Crippen LogP contribution in [0.25, 0.3) is 43.1 Å². The van der Waals surface area contributed by atoms with Crippen LogP contribution in [0.3, 0.4) is 0 Å². The summed E-state index contributed by atoms with van der Waals surface area (Å²) in [6.07, 6.45) is 0. The molecule has 0 saturated carbocycles. The molecule has 138 valence electrons. The quantitative estimate of drug-likeness (QED) is 0.137. The molecule has 2 atom stereocenters. The second-order valence-electron chi connectivity index (χ2n) is 7.21. The van der Waals surface area contributed by atoms with E-state index in [1.54, 1.807) is 0 Å². The molecule has 28 heavy (non-hydrogen) atoms. The molecule has 0 spiro atoms. The van der Waals surface area contributed by atoms with Gasteiger partial charge in [-0.1, -0.05) is 24.3 Å². The molecule has 0 saturated heterocycles. The van der Waals surface area contributed by atoms with Crippen LogP contribution in [-0.2, 0) is 0 Å². The summed E-state index contributed by atoms with van der Waals surface area (Å²) in [5.74, 6) is 0. The molecule has 6 heteroatoms. The van der Waals surface area contributed by atoms with Crippen LogP contribution < -0.4 is 33.5 Å². The van der Waals surface area contributed by atoms with Crippen molar-refractivity contribution >= 4 is 94.9 Å². The van der Waals surface area contributed by atoms with Crippen LogP contribution in [0.15, 0.2) is 48.5 Å². The summed E-state index contributed by atoms with van der Waals surface area (Å²) in [6.45, 7) is 0. The fourth-order valence-corrected chi connectivity index (χ4v) is 5.13. The van der Waals surface area contributed by atoms with Gasteiger partial charge in [-0.25, -0.2) is 0 Å². The highest BCUT2D eigenvalue weighted by atomic mass is 31.0. The molecule has 0 aliphatic heterocycles. The average molecular weight is 402 g/mol. The lowest BCUT2D eigenvalue weighted by molar-refractivity contribution is 1.72. The van der Waals surface area contributed by atoms with Gasteiger partial charge in [0.25, 0.3) is 0 Å². The van der Waals surface area contributed by atoms with Crippen LogP contribution in [0.4, 0.5) is 22.7 Å². The van der Waals surface area contributed by atoms with Gasteiger partial charge in [0.15, 0.2) is 0 Å². The Morgan fingerprint density at radius 1 is 0.464 bits per heavy atom. The molecule has 8 N–H and O–H groups in total. The van der Waals surface area contributed by atoms with Crippen molar-refractivity contribution in [1.29, 1.82) is 0 Å². The normalized spacial score (nSPS) is 11.8. The lowest BCUT2D eigenvalue weighted by atomic mass is 9.94. The number of benzene rings is 5. The molecule has 0 radical (unpaired) electrons. The SMILES string of the molecule is Nc1cc2ccc3c(ccc4c(P)c5cc(N)c(N)cc5c(P)c43)c2cc1N. The second kappa shape index (κ2) is 5.85. The summed E-state index contributed by atoms with van der Waals surface area (Å²) >= 11 is 0. The minimum Gasteiger partial charge on any atom is -0.397 e. The summed E-state index contributed by atoms with van der Waals surface area (Å²) < 4.78 is 0. The Balaban J connectivity index is 2.03. The molecule has 0 aliphatic carbocycles. The van der Waals surface area contributed by atoms with Gasteiger partial charge < -0.3 is 22.9 Å². The van der Waals surface area contributed by atoms with Crippen LogP contribution in [0.1, 0.15) is 0 Å². The van der Waals surface area contributed by atoms with Crippen molar-refractivity contribution < 1.29 is 0 Å². The first-order valence-corrected chi connectivity index (χ1v) is 10.0. The Labute approximate surface area is 166 Å². The molecule has 0 heterocycles. The molecule has 0 fully saturated rings. The summed E-state index contributed by atoms with van der Waals surface area (Å²) in [5.41, 5.74) is 26.6. The topological polar surface area (TPSA) is 104 Å². The average Bonchev–Trinajstić information content (AvgIpc) is 2.67. The molecule has 0 bridgehead atoms. The smallest absolute Gasteiger partial charge is 0.0554 e. The molecule has 0 aliphatic rings. The van der Waals surface area contributed by atoms with Crippen LogP contribution in [0, 0.1) is 0 Å². The highest BCUT2D eigenvalue weighted by molar-refractivity contribution is 7.31. The largest absolute Gasteiger partial charge is 0.397 e. The zero-order chi connectivity index (χ0) is 19.7. The summed E-state index contributed by atoms with van der Waals surface area (Å²) in [6, 6.07) is 16.4. The number of fused-ring (bicyclic) bond motifs is 6. The number of hydrogen-bond acceptors (Lipinski definition) is 4. The zero-order valence-corrected chi connectivity index (χ0v) is 17.4. The van der Waals surface area contributed by atoms with E-state index in [9.17, 15) is 0 Å². The maximum Gasteiger partial charge on any atom is 0.0554 e. The van der Waals surface area contributed by atoms with E-state index in [-0.39, 0.29) is 0 Å². The van der Waals surface area contributed by atoms with Gasteiger partial charge in [0.1, 0.15) is 0 Å². The number of nitrogen functional groups attached to an aromatic ring is 4. The molecule has 5 rings (SSSR count). The summed E-state index contributed by atoms with van der Waals surface area (Å²) in [7, 11) is 5.77. The van der Waals surface area contributed by atoms with Crippen molar-refractivity contribution in [2.24, 2.45) is 0 Å². The summed E-state index contributed by atoms with van der Waals surface area (Å²) in [5, 5.41) is 11.2. The molecular weight excluding hydrogens is 382 g/mol. The highest BCUT2D eigenvalue weighted by Crippen LogP contribution is 2.36. The third-order valence-electron chi connectivity index (χ3n) is 5.58. The lowest BCUT2D eigenvalue weighted by Gasteiger charge is -2.16. The van der Waals surface area contributed by atoms with Gasteiger partial charge in [-0.3, -0.25) is 0 Å². The fraction of sp³-hybridized carbons (Fsp3) is 0. The Hall–Kier alpha value is -2.80. The van der Waals surface area contributed by atoms with Crippen LogP contribution >= 0.6 is 18.5 Å². The Bertz CT molecular complexity index is 1480. The van der Waals surface area contributed by atoms with Crippen LogP contribution in [0.2, 0.25) is 0 Å². The maximum atomic E-state index is 6.10. The van der Waals surface area contributed by atoms with Crippen LogP contribution in [0.5, 0.6) is 0 Å². The summed E-state index contributed by atoms with van der Waals surface area (Å²) in [4.78, 5) is 0. The number of nitrogens with two attached hydrogens (primary N) is 4. The van der Waals surface area contributed by atoms with Gasteiger partial charge in [0.2, 0.25) is 0 Å². The molecule has 5 aromatic rings. The predicted molar refractivity (Wildman–Crippen MR) is 133 cm³/mol. The molecule has 2 unspecified atom stereocenters. The second-order valence-corrected chi connectivity index (χ2v) is 8.36. The predicted octanol–water partition coefficient (Wildman–Crippen LogP) is 3.63. The van der Waals surface area contributed by atoms with E-state index in [2.05, 4.69) is 42.7 Å². The van der Waals surface area contributed by atoms with Crippen molar-refractivity contribution in [2.75, 3.05) is 22.9 Å². The van der Waals surface area contributed by atoms with E-state index in [1.165, 1.54) is 16.2 Å². The first kappa shape index (κ1) is 17.3. The molecule has 0 aromatic heterocycles. The van der Waals surface area contributed by atoms with Crippen molar-refractivity contribution in [3.05, 3.63) is 48.5 Å².